The van der Waals surface area contributed by atoms with Crippen LogP contribution in [0.15, 0.2) is 24.3 Å². The first kappa shape index (κ1) is 13.6. The van der Waals surface area contributed by atoms with E-state index in [1.54, 1.807) is 12.1 Å². The first-order chi connectivity index (χ1) is 8.13. The maximum absolute atomic E-state index is 12.9. The van der Waals surface area contributed by atoms with Crippen LogP contribution in [0.1, 0.15) is 25.3 Å². The van der Waals surface area contributed by atoms with Crippen molar-refractivity contribution in [3.63, 3.8) is 0 Å². The molecule has 17 heavy (non-hydrogen) atoms. The Morgan fingerprint density at radius 3 is 2.94 bits per heavy atom. The average Bonchev–Trinajstić information content (AvgIpc) is 2.29. The topological polar surface area (TPSA) is 52.3 Å². The van der Waals surface area contributed by atoms with Gasteiger partial charge in [-0.05, 0) is 30.5 Å². The molecule has 0 heterocycles. The summed E-state index contributed by atoms with van der Waals surface area (Å²) in [4.78, 5) is 11.5. The molecule has 2 N–H and O–H groups in total. The number of ether oxygens (including phenoxy) is 1. The predicted octanol–water partition coefficient (Wildman–Crippen LogP) is 2.04. The maximum Gasteiger partial charge on any atom is 0.323 e. The summed E-state index contributed by atoms with van der Waals surface area (Å²) in [6, 6.07) is 5.34. The number of carbonyl (C=O) groups excluding carboxylic acids is 1. The summed E-state index contributed by atoms with van der Waals surface area (Å²) in [6.45, 7) is 2.41. The minimum absolute atomic E-state index is 0.294. The lowest BCUT2D eigenvalue weighted by Gasteiger charge is -2.11. The average molecular weight is 239 g/mol. The van der Waals surface area contributed by atoms with Gasteiger partial charge in [0, 0.05) is 0 Å². The summed E-state index contributed by atoms with van der Waals surface area (Å²) < 4.78 is 17.9. The molecule has 0 unspecified atom stereocenters. The molecule has 0 spiro atoms. The van der Waals surface area contributed by atoms with Crippen molar-refractivity contribution in [2.24, 2.45) is 5.73 Å². The van der Waals surface area contributed by atoms with E-state index in [0.29, 0.717) is 18.6 Å². The molecule has 1 aromatic rings. The molecule has 0 aromatic heterocycles. The van der Waals surface area contributed by atoms with E-state index < -0.39 is 12.0 Å². The molecule has 1 atom stereocenters. The largest absolute Gasteiger partial charge is 0.465 e. The summed E-state index contributed by atoms with van der Waals surface area (Å²) in [5.41, 5.74) is 6.38. The number of esters is 1. The number of halogens is 1. The zero-order valence-electron chi connectivity index (χ0n) is 9.99. The van der Waals surface area contributed by atoms with E-state index in [1.807, 2.05) is 6.92 Å². The molecule has 0 bridgehead atoms. The zero-order chi connectivity index (χ0) is 12.7. The van der Waals surface area contributed by atoms with E-state index in [2.05, 4.69) is 0 Å². The Bertz CT molecular complexity index is 368. The molecule has 0 amide bonds. The smallest absolute Gasteiger partial charge is 0.323 e. The predicted molar refractivity (Wildman–Crippen MR) is 63.9 cm³/mol. The van der Waals surface area contributed by atoms with Crippen LogP contribution < -0.4 is 5.73 Å². The van der Waals surface area contributed by atoms with Gasteiger partial charge in [-0.25, -0.2) is 4.39 Å². The molecular weight excluding hydrogens is 221 g/mol. The molecule has 0 radical (unpaired) electrons. The Balaban J connectivity index is 2.43. The molecule has 0 aliphatic carbocycles. The Morgan fingerprint density at radius 2 is 2.29 bits per heavy atom. The van der Waals surface area contributed by atoms with Gasteiger partial charge in [-0.1, -0.05) is 25.5 Å². The number of unbranched alkanes of at least 4 members (excludes halogenated alkanes) is 1. The van der Waals surface area contributed by atoms with Crippen molar-refractivity contribution in [3.05, 3.63) is 35.6 Å². The Morgan fingerprint density at radius 1 is 1.53 bits per heavy atom. The van der Waals surface area contributed by atoms with Gasteiger partial charge in [-0.2, -0.15) is 0 Å². The van der Waals surface area contributed by atoms with Gasteiger partial charge in [0.2, 0.25) is 0 Å². The van der Waals surface area contributed by atoms with Crippen molar-refractivity contribution in [2.75, 3.05) is 6.61 Å². The van der Waals surface area contributed by atoms with Crippen LogP contribution in [0.5, 0.6) is 0 Å². The molecule has 94 valence electrons. The van der Waals surface area contributed by atoms with Gasteiger partial charge in [0.15, 0.2) is 0 Å². The third-order valence-corrected chi connectivity index (χ3v) is 2.39. The fourth-order valence-electron chi connectivity index (χ4n) is 1.43. The van der Waals surface area contributed by atoms with Crippen LogP contribution in [0.4, 0.5) is 4.39 Å². The number of rotatable bonds is 6. The minimum Gasteiger partial charge on any atom is -0.465 e. The molecule has 1 rings (SSSR count). The highest BCUT2D eigenvalue weighted by Crippen LogP contribution is 2.06. The summed E-state index contributed by atoms with van der Waals surface area (Å²) in [7, 11) is 0. The molecule has 0 aliphatic rings. The summed E-state index contributed by atoms with van der Waals surface area (Å²) in [6.07, 6.45) is 2.09. The lowest BCUT2D eigenvalue weighted by Crippen LogP contribution is -2.34. The normalized spacial score (nSPS) is 12.2. The quantitative estimate of drug-likeness (QED) is 0.610. The molecule has 1 aromatic carbocycles. The van der Waals surface area contributed by atoms with Crippen LogP contribution >= 0.6 is 0 Å². The molecule has 0 saturated carbocycles. The molecule has 0 saturated heterocycles. The van der Waals surface area contributed by atoms with Crippen LogP contribution in [-0.4, -0.2) is 18.6 Å². The number of benzene rings is 1. The number of hydrogen-bond donors (Lipinski definition) is 1. The first-order valence-electron chi connectivity index (χ1n) is 5.80. The van der Waals surface area contributed by atoms with E-state index in [9.17, 15) is 9.18 Å². The van der Waals surface area contributed by atoms with Crippen molar-refractivity contribution >= 4 is 5.97 Å². The van der Waals surface area contributed by atoms with E-state index >= 15 is 0 Å². The van der Waals surface area contributed by atoms with Crippen LogP contribution in [0.3, 0.4) is 0 Å². The summed E-state index contributed by atoms with van der Waals surface area (Å²) in [5, 5.41) is 0. The molecule has 3 nitrogen and oxygen atoms in total. The fraction of sp³-hybridized carbons (Fsp3) is 0.462. The minimum atomic E-state index is -0.728. The van der Waals surface area contributed by atoms with Crippen molar-refractivity contribution in [1.82, 2.24) is 0 Å². The van der Waals surface area contributed by atoms with Gasteiger partial charge >= 0.3 is 5.97 Å². The van der Waals surface area contributed by atoms with Crippen LogP contribution in [-0.2, 0) is 16.0 Å². The van der Waals surface area contributed by atoms with Gasteiger partial charge in [0.1, 0.15) is 11.9 Å². The van der Waals surface area contributed by atoms with Crippen molar-refractivity contribution in [1.29, 1.82) is 0 Å². The lowest BCUT2D eigenvalue weighted by molar-refractivity contribution is -0.145. The summed E-state index contributed by atoms with van der Waals surface area (Å²) in [5.74, 6) is -0.753. The number of hydrogen-bond acceptors (Lipinski definition) is 3. The SMILES string of the molecule is CCCCOC(=O)[C@H](N)Cc1cccc(F)c1. The van der Waals surface area contributed by atoms with E-state index in [1.165, 1.54) is 12.1 Å². The number of nitrogens with two attached hydrogens (primary N) is 1. The monoisotopic (exact) mass is 239 g/mol. The van der Waals surface area contributed by atoms with Crippen LogP contribution in [0.2, 0.25) is 0 Å². The second kappa shape index (κ2) is 7.01. The van der Waals surface area contributed by atoms with Gasteiger partial charge in [0.25, 0.3) is 0 Å². The maximum atomic E-state index is 12.9. The molecule has 4 heteroatoms. The van der Waals surface area contributed by atoms with Gasteiger partial charge in [0.05, 0.1) is 6.61 Å². The van der Waals surface area contributed by atoms with Gasteiger partial charge in [-0.15, -0.1) is 0 Å². The second-order valence-electron chi connectivity index (χ2n) is 3.96. The third kappa shape index (κ3) is 4.95. The third-order valence-electron chi connectivity index (χ3n) is 2.39. The van der Waals surface area contributed by atoms with Crippen LogP contribution in [0.25, 0.3) is 0 Å². The highest BCUT2D eigenvalue weighted by Gasteiger charge is 2.15. The molecule has 0 aliphatic heterocycles. The Hall–Kier alpha value is -1.42. The fourth-order valence-corrected chi connectivity index (χ4v) is 1.43. The van der Waals surface area contributed by atoms with Crippen molar-refractivity contribution in [2.45, 2.75) is 32.2 Å². The zero-order valence-corrected chi connectivity index (χ0v) is 9.99. The van der Waals surface area contributed by atoms with Crippen molar-refractivity contribution in [3.8, 4) is 0 Å². The van der Waals surface area contributed by atoms with E-state index in [-0.39, 0.29) is 5.82 Å². The molecule has 0 fully saturated rings. The standard InChI is InChI=1S/C13H18FNO2/c1-2-3-7-17-13(16)12(15)9-10-5-4-6-11(14)8-10/h4-6,8,12H,2-3,7,9,15H2,1H3/t12-/m1/s1. The highest BCUT2D eigenvalue weighted by atomic mass is 19.1. The van der Waals surface area contributed by atoms with Gasteiger partial charge in [-0.3, -0.25) is 4.79 Å². The molecular formula is C13H18FNO2. The summed E-state index contributed by atoms with van der Waals surface area (Å²) >= 11 is 0. The highest BCUT2D eigenvalue weighted by molar-refractivity contribution is 5.75. The Labute approximate surface area is 101 Å². The van der Waals surface area contributed by atoms with Crippen molar-refractivity contribution < 1.29 is 13.9 Å². The first-order valence-corrected chi connectivity index (χ1v) is 5.80. The number of carbonyl (C=O) groups is 1. The lowest BCUT2D eigenvalue weighted by atomic mass is 10.1. The van der Waals surface area contributed by atoms with Gasteiger partial charge < -0.3 is 10.5 Å². The van der Waals surface area contributed by atoms with Crippen LogP contribution in [0, 0.1) is 5.82 Å². The van der Waals surface area contributed by atoms with E-state index in [4.69, 9.17) is 10.5 Å². The second-order valence-corrected chi connectivity index (χ2v) is 3.96. The van der Waals surface area contributed by atoms with E-state index in [0.717, 1.165) is 12.8 Å². The Kier molecular flexibility index (Phi) is 5.63.